The third kappa shape index (κ3) is 2.95. The van der Waals surface area contributed by atoms with Crippen molar-refractivity contribution in [3.8, 4) is 0 Å². The summed E-state index contributed by atoms with van der Waals surface area (Å²) in [6.45, 7) is 12.4. The van der Waals surface area contributed by atoms with E-state index in [2.05, 4.69) is 52.1 Å². The summed E-state index contributed by atoms with van der Waals surface area (Å²) in [5, 5.41) is 3.69. The van der Waals surface area contributed by atoms with Crippen LogP contribution in [0.25, 0.3) is 0 Å². The van der Waals surface area contributed by atoms with Crippen molar-refractivity contribution in [3.05, 3.63) is 34.4 Å². The lowest BCUT2D eigenvalue weighted by Crippen LogP contribution is -2.34. The molecule has 2 rings (SSSR count). The summed E-state index contributed by atoms with van der Waals surface area (Å²) in [6, 6.07) is 5.31. The lowest BCUT2D eigenvalue weighted by molar-refractivity contribution is 0.453. The molecule has 1 N–H and O–H groups in total. The van der Waals surface area contributed by atoms with Crippen LogP contribution in [0.2, 0.25) is 0 Å². The highest BCUT2D eigenvalue weighted by Crippen LogP contribution is 2.41. The zero-order chi connectivity index (χ0) is 13.3. The molecule has 0 spiro atoms. The Bertz CT molecular complexity index is 399. The van der Waals surface area contributed by atoms with Gasteiger partial charge in [0.25, 0.3) is 0 Å². The Morgan fingerprint density at radius 1 is 1.22 bits per heavy atom. The Morgan fingerprint density at radius 2 is 1.78 bits per heavy atom. The first-order valence-corrected chi connectivity index (χ1v) is 7.33. The normalized spacial score (nSPS) is 24.1. The number of benzene rings is 1. The molecule has 0 heterocycles. The molecule has 1 aromatic rings. The van der Waals surface area contributed by atoms with Crippen molar-refractivity contribution in [2.24, 2.45) is 11.8 Å². The van der Waals surface area contributed by atoms with Crippen LogP contribution in [0, 0.1) is 32.6 Å². The lowest BCUT2D eigenvalue weighted by Gasteiger charge is -2.21. The van der Waals surface area contributed by atoms with Crippen molar-refractivity contribution >= 4 is 0 Å². The summed E-state index contributed by atoms with van der Waals surface area (Å²) in [6.07, 6.45) is 2.60. The van der Waals surface area contributed by atoms with Gasteiger partial charge in [-0.25, -0.2) is 0 Å². The summed E-state index contributed by atoms with van der Waals surface area (Å²) < 4.78 is 0. The molecule has 1 aromatic carbocycles. The van der Waals surface area contributed by atoms with Gasteiger partial charge in [-0.1, -0.05) is 31.5 Å². The molecule has 100 valence electrons. The van der Waals surface area contributed by atoms with Gasteiger partial charge in [0.05, 0.1) is 0 Å². The quantitative estimate of drug-likeness (QED) is 0.832. The molecule has 3 atom stereocenters. The van der Waals surface area contributed by atoms with Crippen LogP contribution in [-0.2, 0) is 6.42 Å². The fourth-order valence-electron chi connectivity index (χ4n) is 3.30. The minimum atomic E-state index is 0.671. The van der Waals surface area contributed by atoms with E-state index in [4.69, 9.17) is 0 Å². The maximum Gasteiger partial charge on any atom is 0.0138 e. The van der Waals surface area contributed by atoms with Crippen molar-refractivity contribution in [2.45, 2.75) is 53.5 Å². The molecule has 0 saturated heterocycles. The van der Waals surface area contributed by atoms with Crippen molar-refractivity contribution in [1.29, 1.82) is 0 Å². The molecule has 0 aromatic heterocycles. The first-order valence-electron chi connectivity index (χ1n) is 7.33. The smallest absolute Gasteiger partial charge is 0.0138 e. The Kier molecular flexibility index (Phi) is 4.11. The second-order valence-corrected chi connectivity index (χ2v) is 6.12. The molecule has 1 aliphatic rings. The third-order valence-electron chi connectivity index (χ3n) is 4.42. The van der Waals surface area contributed by atoms with Crippen LogP contribution in [0.3, 0.4) is 0 Å². The zero-order valence-electron chi connectivity index (χ0n) is 12.5. The number of hydrogen-bond acceptors (Lipinski definition) is 1. The van der Waals surface area contributed by atoms with E-state index in [0.717, 1.165) is 18.4 Å². The van der Waals surface area contributed by atoms with Crippen molar-refractivity contribution in [3.63, 3.8) is 0 Å². The van der Waals surface area contributed by atoms with Gasteiger partial charge in [-0.05, 0) is 68.7 Å². The number of aryl methyl sites for hydroxylation is 3. The van der Waals surface area contributed by atoms with Crippen LogP contribution in [-0.4, -0.2) is 12.6 Å². The van der Waals surface area contributed by atoms with Crippen LogP contribution < -0.4 is 5.32 Å². The predicted molar refractivity (Wildman–Crippen MR) is 79.1 cm³/mol. The first-order chi connectivity index (χ1) is 8.52. The van der Waals surface area contributed by atoms with E-state index in [0.29, 0.717) is 6.04 Å². The lowest BCUT2D eigenvalue weighted by atomic mass is 9.92. The number of nitrogens with one attached hydrogen (secondary N) is 1. The highest BCUT2D eigenvalue weighted by molar-refractivity contribution is 5.38. The van der Waals surface area contributed by atoms with Gasteiger partial charge < -0.3 is 5.32 Å². The van der Waals surface area contributed by atoms with Gasteiger partial charge in [-0.15, -0.1) is 0 Å². The van der Waals surface area contributed by atoms with Crippen molar-refractivity contribution in [1.82, 2.24) is 5.32 Å². The Morgan fingerprint density at radius 3 is 2.22 bits per heavy atom. The average molecular weight is 245 g/mol. The molecule has 1 nitrogen and oxygen atoms in total. The van der Waals surface area contributed by atoms with E-state index in [1.54, 1.807) is 5.56 Å². The minimum absolute atomic E-state index is 0.671. The number of rotatable bonds is 5. The molecule has 0 aliphatic heterocycles. The highest BCUT2D eigenvalue weighted by Gasteiger charge is 2.39. The molecule has 3 unspecified atom stereocenters. The zero-order valence-corrected chi connectivity index (χ0v) is 12.5. The number of hydrogen-bond donors (Lipinski definition) is 1. The van der Waals surface area contributed by atoms with Crippen LogP contribution >= 0.6 is 0 Å². The van der Waals surface area contributed by atoms with E-state index < -0.39 is 0 Å². The third-order valence-corrected chi connectivity index (χ3v) is 4.42. The second kappa shape index (κ2) is 5.44. The summed E-state index contributed by atoms with van der Waals surface area (Å²) in [7, 11) is 0. The van der Waals surface area contributed by atoms with Crippen molar-refractivity contribution < 1.29 is 0 Å². The summed E-state index contributed by atoms with van der Waals surface area (Å²) >= 11 is 0. The molecule has 0 amide bonds. The van der Waals surface area contributed by atoms with E-state index in [9.17, 15) is 0 Å². The molecule has 1 heteroatoms. The van der Waals surface area contributed by atoms with Crippen LogP contribution in [0.15, 0.2) is 12.1 Å². The Balaban J connectivity index is 2.16. The minimum Gasteiger partial charge on any atom is -0.314 e. The van der Waals surface area contributed by atoms with Gasteiger partial charge in [0.2, 0.25) is 0 Å². The Labute approximate surface area is 112 Å². The molecule has 1 aliphatic carbocycles. The maximum atomic E-state index is 3.69. The standard InChI is InChI=1S/C17H27N/c1-6-18-17(16-9-14(16)5)10-15-12(3)7-11(2)8-13(15)4/h7-8,14,16-18H,6,9-10H2,1-5H3. The summed E-state index contributed by atoms with van der Waals surface area (Å²) in [5.74, 6) is 1.81. The van der Waals surface area contributed by atoms with Crippen molar-refractivity contribution in [2.75, 3.05) is 6.54 Å². The SMILES string of the molecule is CCNC(Cc1c(C)cc(C)cc1C)C1CC1C. The first kappa shape index (κ1) is 13.6. The largest absolute Gasteiger partial charge is 0.314 e. The van der Waals surface area contributed by atoms with Gasteiger partial charge in [-0.2, -0.15) is 0 Å². The maximum absolute atomic E-state index is 3.69. The molecule has 1 saturated carbocycles. The number of likely N-dealkylation sites (N-methyl/N-ethyl adjacent to an activating group) is 1. The fourth-order valence-corrected chi connectivity index (χ4v) is 3.30. The molecular formula is C17H27N. The monoisotopic (exact) mass is 245 g/mol. The fraction of sp³-hybridized carbons (Fsp3) is 0.647. The van der Waals surface area contributed by atoms with Crippen LogP contribution in [0.1, 0.15) is 42.5 Å². The Hall–Kier alpha value is -0.820. The summed E-state index contributed by atoms with van der Waals surface area (Å²) in [4.78, 5) is 0. The van der Waals surface area contributed by atoms with Gasteiger partial charge in [0, 0.05) is 6.04 Å². The molecular weight excluding hydrogens is 218 g/mol. The van der Waals surface area contributed by atoms with E-state index >= 15 is 0 Å². The second-order valence-electron chi connectivity index (χ2n) is 6.12. The van der Waals surface area contributed by atoms with Crippen LogP contribution in [0.4, 0.5) is 0 Å². The molecule has 0 bridgehead atoms. The van der Waals surface area contributed by atoms with E-state index in [1.165, 1.54) is 29.5 Å². The van der Waals surface area contributed by atoms with Gasteiger partial charge in [-0.3, -0.25) is 0 Å². The average Bonchev–Trinajstić information content (AvgIpc) is 2.99. The van der Waals surface area contributed by atoms with Gasteiger partial charge in [0.15, 0.2) is 0 Å². The summed E-state index contributed by atoms with van der Waals surface area (Å²) in [5.41, 5.74) is 5.87. The predicted octanol–water partition coefficient (Wildman–Crippen LogP) is 3.79. The van der Waals surface area contributed by atoms with Gasteiger partial charge in [0.1, 0.15) is 0 Å². The van der Waals surface area contributed by atoms with E-state index in [1.807, 2.05) is 0 Å². The molecule has 0 radical (unpaired) electrons. The molecule has 1 fully saturated rings. The van der Waals surface area contributed by atoms with E-state index in [-0.39, 0.29) is 0 Å². The topological polar surface area (TPSA) is 12.0 Å². The van der Waals surface area contributed by atoms with Crippen LogP contribution in [0.5, 0.6) is 0 Å². The van der Waals surface area contributed by atoms with Gasteiger partial charge >= 0.3 is 0 Å². The molecule has 18 heavy (non-hydrogen) atoms. The highest BCUT2D eigenvalue weighted by atomic mass is 14.9.